The van der Waals surface area contributed by atoms with E-state index in [9.17, 15) is 4.79 Å². The first kappa shape index (κ1) is 13.9. The highest BCUT2D eigenvalue weighted by atomic mass is 16.5. The van der Waals surface area contributed by atoms with Gasteiger partial charge in [-0.05, 0) is 0 Å². The van der Waals surface area contributed by atoms with Crippen LogP contribution in [0.15, 0.2) is 24.9 Å². The summed E-state index contributed by atoms with van der Waals surface area (Å²) in [5.74, 6) is 0.422. The average Bonchev–Trinajstić information content (AvgIpc) is 2.83. The molecule has 8 nitrogen and oxygen atoms in total. The van der Waals surface area contributed by atoms with Gasteiger partial charge >= 0.3 is 6.03 Å². The van der Waals surface area contributed by atoms with E-state index in [1.807, 2.05) is 17.8 Å². The number of ether oxygens (including phenoxy) is 1. The van der Waals surface area contributed by atoms with Gasteiger partial charge < -0.3 is 14.6 Å². The molecule has 0 atom stereocenters. The number of urea groups is 1. The van der Waals surface area contributed by atoms with Crippen molar-refractivity contribution in [3.05, 3.63) is 36.3 Å². The van der Waals surface area contributed by atoms with Crippen LogP contribution in [0.4, 0.5) is 10.6 Å². The summed E-state index contributed by atoms with van der Waals surface area (Å²) in [4.78, 5) is 23.8. The number of imidazole rings is 1. The van der Waals surface area contributed by atoms with Gasteiger partial charge in [-0.1, -0.05) is 0 Å². The van der Waals surface area contributed by atoms with E-state index in [4.69, 9.17) is 4.74 Å². The zero-order valence-electron chi connectivity index (χ0n) is 11.3. The van der Waals surface area contributed by atoms with Gasteiger partial charge in [0.1, 0.15) is 12.1 Å². The minimum Gasteiger partial charge on any atom is -0.378 e. The Balaban J connectivity index is 1.86. The van der Waals surface area contributed by atoms with E-state index < -0.39 is 0 Å². The Hall–Kier alpha value is -2.48. The van der Waals surface area contributed by atoms with Crippen LogP contribution in [0.25, 0.3) is 0 Å². The summed E-state index contributed by atoms with van der Waals surface area (Å²) in [6.07, 6.45) is 4.89. The molecule has 0 saturated heterocycles. The van der Waals surface area contributed by atoms with Crippen molar-refractivity contribution in [2.75, 3.05) is 12.4 Å². The van der Waals surface area contributed by atoms with Gasteiger partial charge in [-0.2, -0.15) is 0 Å². The lowest BCUT2D eigenvalue weighted by atomic mass is 10.4. The molecule has 2 rings (SSSR count). The molecule has 0 spiro atoms. The predicted molar refractivity (Wildman–Crippen MR) is 71.8 cm³/mol. The minimum atomic E-state index is -0.349. The molecule has 0 saturated carbocycles. The Kier molecular flexibility index (Phi) is 4.61. The van der Waals surface area contributed by atoms with Gasteiger partial charge in [0.25, 0.3) is 0 Å². The van der Waals surface area contributed by atoms with Crippen LogP contribution < -0.4 is 10.6 Å². The maximum Gasteiger partial charge on any atom is 0.320 e. The summed E-state index contributed by atoms with van der Waals surface area (Å²) in [5.41, 5.74) is 1.48. The van der Waals surface area contributed by atoms with Crippen molar-refractivity contribution < 1.29 is 9.53 Å². The van der Waals surface area contributed by atoms with E-state index in [1.165, 1.54) is 6.33 Å². The fourth-order valence-corrected chi connectivity index (χ4v) is 1.58. The first-order chi connectivity index (χ1) is 9.67. The number of aromatic nitrogens is 4. The molecule has 0 aliphatic rings. The Morgan fingerprint density at radius 3 is 2.90 bits per heavy atom. The molecule has 0 unspecified atom stereocenters. The first-order valence-electron chi connectivity index (χ1n) is 5.99. The van der Waals surface area contributed by atoms with E-state index in [0.717, 1.165) is 5.69 Å². The standard InChI is InChI=1S/C12H16N6O2/c1-18-5-10(16-8-18)4-13-12(19)17-11-3-9(6-20-2)14-7-15-11/h3,5,7-8H,4,6H2,1-2H3,(H2,13,14,15,17,19). The van der Waals surface area contributed by atoms with Crippen LogP contribution >= 0.6 is 0 Å². The fourth-order valence-electron chi connectivity index (χ4n) is 1.58. The molecule has 0 aliphatic carbocycles. The third-order valence-electron chi connectivity index (χ3n) is 2.45. The Bertz CT molecular complexity index is 583. The Labute approximate surface area is 116 Å². The lowest BCUT2D eigenvalue weighted by Gasteiger charge is -2.06. The zero-order valence-corrected chi connectivity index (χ0v) is 11.3. The second-order valence-electron chi connectivity index (χ2n) is 4.17. The topological polar surface area (TPSA) is 94.0 Å². The van der Waals surface area contributed by atoms with Crippen LogP contribution in [0.2, 0.25) is 0 Å². The number of nitrogens with zero attached hydrogens (tertiary/aromatic N) is 4. The third kappa shape index (κ3) is 4.02. The zero-order chi connectivity index (χ0) is 14.4. The summed E-state index contributed by atoms with van der Waals surface area (Å²) in [5, 5.41) is 5.32. The summed E-state index contributed by atoms with van der Waals surface area (Å²) in [6, 6.07) is 1.31. The van der Waals surface area contributed by atoms with Crippen molar-refractivity contribution >= 4 is 11.8 Å². The van der Waals surface area contributed by atoms with Crippen LogP contribution in [-0.2, 0) is 24.9 Å². The van der Waals surface area contributed by atoms with Crippen LogP contribution in [0.1, 0.15) is 11.4 Å². The quantitative estimate of drug-likeness (QED) is 0.837. The van der Waals surface area contributed by atoms with Gasteiger partial charge in [-0.3, -0.25) is 5.32 Å². The summed E-state index contributed by atoms with van der Waals surface area (Å²) >= 11 is 0. The van der Waals surface area contributed by atoms with Gasteiger partial charge in [-0.25, -0.2) is 19.7 Å². The molecule has 2 N–H and O–H groups in total. The number of carbonyl (C=O) groups is 1. The molecule has 0 bridgehead atoms. The highest BCUT2D eigenvalue weighted by molar-refractivity contribution is 5.88. The minimum absolute atomic E-state index is 0.349. The van der Waals surface area contributed by atoms with Crippen LogP contribution in [0.5, 0.6) is 0 Å². The number of carbonyl (C=O) groups excluding carboxylic acids is 1. The van der Waals surface area contributed by atoms with Crippen molar-refractivity contribution in [1.29, 1.82) is 0 Å². The first-order valence-corrected chi connectivity index (χ1v) is 5.99. The number of rotatable bonds is 5. The largest absolute Gasteiger partial charge is 0.378 e. The molecule has 20 heavy (non-hydrogen) atoms. The average molecular weight is 276 g/mol. The summed E-state index contributed by atoms with van der Waals surface area (Å²) < 4.78 is 6.78. The highest BCUT2D eigenvalue weighted by Gasteiger charge is 2.05. The lowest BCUT2D eigenvalue weighted by molar-refractivity contribution is 0.181. The van der Waals surface area contributed by atoms with E-state index in [0.29, 0.717) is 24.7 Å². The second-order valence-corrected chi connectivity index (χ2v) is 4.17. The van der Waals surface area contributed by atoms with Gasteiger partial charge in [0.2, 0.25) is 0 Å². The number of nitrogens with one attached hydrogen (secondary N) is 2. The highest BCUT2D eigenvalue weighted by Crippen LogP contribution is 2.04. The van der Waals surface area contributed by atoms with Crippen LogP contribution in [0.3, 0.4) is 0 Å². The molecule has 8 heteroatoms. The van der Waals surface area contributed by atoms with Crippen molar-refractivity contribution in [3.63, 3.8) is 0 Å². The number of hydrogen-bond donors (Lipinski definition) is 2. The number of aryl methyl sites for hydroxylation is 1. The molecule has 2 aromatic rings. The van der Waals surface area contributed by atoms with Crippen molar-refractivity contribution in [2.24, 2.45) is 7.05 Å². The maximum atomic E-state index is 11.7. The fraction of sp³-hybridized carbons (Fsp3) is 0.333. The maximum absolute atomic E-state index is 11.7. The monoisotopic (exact) mass is 276 g/mol. The summed E-state index contributed by atoms with van der Waals surface area (Å²) in [7, 11) is 3.45. The number of methoxy groups -OCH3 is 1. The van der Waals surface area contributed by atoms with E-state index in [1.54, 1.807) is 19.5 Å². The molecule has 0 aromatic carbocycles. The van der Waals surface area contributed by atoms with Gasteiger partial charge in [0.15, 0.2) is 0 Å². The molecular weight excluding hydrogens is 260 g/mol. The van der Waals surface area contributed by atoms with Crippen LogP contribution in [-0.4, -0.2) is 32.7 Å². The molecule has 0 aliphatic heterocycles. The third-order valence-corrected chi connectivity index (χ3v) is 2.45. The SMILES string of the molecule is COCc1cc(NC(=O)NCc2cn(C)cn2)ncn1. The van der Waals surface area contributed by atoms with E-state index in [-0.39, 0.29) is 6.03 Å². The van der Waals surface area contributed by atoms with Gasteiger partial charge in [0.05, 0.1) is 30.9 Å². The molecule has 106 valence electrons. The Morgan fingerprint density at radius 1 is 1.35 bits per heavy atom. The van der Waals surface area contributed by atoms with E-state index in [2.05, 4.69) is 25.6 Å². The van der Waals surface area contributed by atoms with E-state index >= 15 is 0 Å². The van der Waals surface area contributed by atoms with Gasteiger partial charge in [0, 0.05) is 26.4 Å². The molecule has 2 aromatic heterocycles. The lowest BCUT2D eigenvalue weighted by Crippen LogP contribution is -2.28. The number of anilines is 1. The number of amides is 2. The van der Waals surface area contributed by atoms with Crippen LogP contribution in [0, 0.1) is 0 Å². The van der Waals surface area contributed by atoms with Crippen molar-refractivity contribution in [1.82, 2.24) is 24.8 Å². The van der Waals surface area contributed by atoms with Gasteiger partial charge in [-0.15, -0.1) is 0 Å². The molecule has 2 amide bonds. The molecular formula is C12H16N6O2. The van der Waals surface area contributed by atoms with Crippen molar-refractivity contribution in [2.45, 2.75) is 13.2 Å². The Morgan fingerprint density at radius 2 is 2.20 bits per heavy atom. The smallest absolute Gasteiger partial charge is 0.320 e. The molecule has 0 radical (unpaired) electrons. The van der Waals surface area contributed by atoms with Crippen molar-refractivity contribution in [3.8, 4) is 0 Å². The molecule has 2 heterocycles. The predicted octanol–water partition coefficient (Wildman–Crippen LogP) is 0.678. The molecule has 0 fully saturated rings. The normalized spacial score (nSPS) is 10.3. The second kappa shape index (κ2) is 6.62. The summed E-state index contributed by atoms with van der Waals surface area (Å²) in [6.45, 7) is 0.718. The number of hydrogen-bond acceptors (Lipinski definition) is 5.